The third-order valence-electron chi connectivity index (χ3n) is 4.81. The third-order valence-corrected chi connectivity index (χ3v) is 4.81. The summed E-state index contributed by atoms with van der Waals surface area (Å²) in [7, 11) is 0. The van der Waals surface area contributed by atoms with Crippen LogP contribution < -0.4 is 15.5 Å². The molecule has 6 nitrogen and oxygen atoms in total. The van der Waals surface area contributed by atoms with Crippen molar-refractivity contribution in [3.8, 4) is 0 Å². The van der Waals surface area contributed by atoms with Gasteiger partial charge in [-0.25, -0.2) is 0 Å². The van der Waals surface area contributed by atoms with Crippen molar-refractivity contribution in [1.29, 1.82) is 0 Å². The van der Waals surface area contributed by atoms with Gasteiger partial charge in [-0.1, -0.05) is 12.1 Å². The Bertz CT molecular complexity index is 921. The fourth-order valence-corrected chi connectivity index (χ4v) is 3.17. The Balaban J connectivity index is 1.72. The summed E-state index contributed by atoms with van der Waals surface area (Å²) in [6.07, 6.45) is 1.80. The number of rotatable bonds is 2. The standard InChI is InChI=1S/C21H23N3O3/c1-13-6-8-17(11-14(13)2)22-20(26)21(27)23-18-9-7-16-5-4-10-24(15(3)25)19(16)12-18/h6-9,11-12H,4-5,10H2,1-3H3,(H,22,26)(H,23,27). The molecular formula is C21H23N3O3. The van der Waals surface area contributed by atoms with E-state index < -0.39 is 11.8 Å². The van der Waals surface area contributed by atoms with Crippen LogP contribution >= 0.6 is 0 Å². The molecule has 1 heterocycles. The van der Waals surface area contributed by atoms with Crippen LogP contribution in [0.3, 0.4) is 0 Å². The van der Waals surface area contributed by atoms with Crippen LogP contribution in [0.5, 0.6) is 0 Å². The topological polar surface area (TPSA) is 78.5 Å². The molecule has 0 unspecified atom stereocenters. The summed E-state index contributed by atoms with van der Waals surface area (Å²) in [5, 5.41) is 5.21. The molecule has 0 bridgehead atoms. The molecule has 140 valence electrons. The molecule has 3 amide bonds. The predicted molar refractivity (Wildman–Crippen MR) is 106 cm³/mol. The molecule has 0 saturated carbocycles. The second-order valence-electron chi connectivity index (χ2n) is 6.82. The number of nitrogens with one attached hydrogen (secondary N) is 2. The minimum absolute atomic E-state index is 0.0353. The third kappa shape index (κ3) is 4.16. The smallest absolute Gasteiger partial charge is 0.314 e. The minimum Gasteiger partial charge on any atom is -0.318 e. The van der Waals surface area contributed by atoms with E-state index in [1.54, 1.807) is 23.1 Å². The van der Waals surface area contributed by atoms with E-state index in [2.05, 4.69) is 10.6 Å². The number of anilines is 3. The van der Waals surface area contributed by atoms with Gasteiger partial charge in [0.25, 0.3) is 0 Å². The molecule has 2 aromatic carbocycles. The van der Waals surface area contributed by atoms with Crippen LogP contribution in [0, 0.1) is 13.8 Å². The van der Waals surface area contributed by atoms with Crippen LogP contribution in [0.15, 0.2) is 36.4 Å². The molecule has 0 spiro atoms. The molecule has 0 aliphatic carbocycles. The Morgan fingerprint density at radius 1 is 0.889 bits per heavy atom. The molecule has 0 saturated heterocycles. The average molecular weight is 365 g/mol. The van der Waals surface area contributed by atoms with Gasteiger partial charge in [0.15, 0.2) is 0 Å². The molecule has 3 rings (SSSR count). The van der Waals surface area contributed by atoms with Crippen LogP contribution in [-0.2, 0) is 20.8 Å². The highest BCUT2D eigenvalue weighted by Crippen LogP contribution is 2.30. The number of carbonyl (C=O) groups excluding carboxylic acids is 3. The maximum absolute atomic E-state index is 12.2. The molecule has 0 atom stereocenters. The van der Waals surface area contributed by atoms with Gasteiger partial charge in [-0.2, -0.15) is 0 Å². The van der Waals surface area contributed by atoms with Crippen LogP contribution in [0.2, 0.25) is 0 Å². The van der Waals surface area contributed by atoms with E-state index >= 15 is 0 Å². The summed E-state index contributed by atoms with van der Waals surface area (Å²) < 4.78 is 0. The molecule has 2 aromatic rings. The predicted octanol–water partition coefficient (Wildman–Crippen LogP) is 3.18. The van der Waals surface area contributed by atoms with Crippen LogP contribution in [0.1, 0.15) is 30.0 Å². The molecule has 2 N–H and O–H groups in total. The van der Waals surface area contributed by atoms with E-state index in [1.807, 2.05) is 32.0 Å². The van der Waals surface area contributed by atoms with E-state index in [9.17, 15) is 14.4 Å². The van der Waals surface area contributed by atoms with Crippen molar-refractivity contribution >= 4 is 34.8 Å². The highest BCUT2D eigenvalue weighted by Gasteiger charge is 2.21. The number of carbonyl (C=O) groups is 3. The lowest BCUT2D eigenvalue weighted by Gasteiger charge is -2.29. The molecule has 1 aliphatic rings. The first-order chi connectivity index (χ1) is 12.8. The average Bonchev–Trinajstić information content (AvgIpc) is 2.64. The first kappa shape index (κ1) is 18.6. The van der Waals surface area contributed by atoms with Gasteiger partial charge in [0.1, 0.15) is 0 Å². The van der Waals surface area contributed by atoms with Gasteiger partial charge >= 0.3 is 11.8 Å². The Morgan fingerprint density at radius 2 is 1.52 bits per heavy atom. The van der Waals surface area contributed by atoms with Gasteiger partial charge in [0, 0.05) is 30.5 Å². The highest BCUT2D eigenvalue weighted by atomic mass is 16.2. The summed E-state index contributed by atoms with van der Waals surface area (Å²) in [5.74, 6) is -1.52. The van der Waals surface area contributed by atoms with E-state index in [-0.39, 0.29) is 5.91 Å². The first-order valence-electron chi connectivity index (χ1n) is 8.96. The van der Waals surface area contributed by atoms with Gasteiger partial charge < -0.3 is 15.5 Å². The van der Waals surface area contributed by atoms with Crippen molar-refractivity contribution < 1.29 is 14.4 Å². The Hall–Kier alpha value is -3.15. The lowest BCUT2D eigenvalue weighted by Crippen LogP contribution is -2.34. The number of hydrogen-bond donors (Lipinski definition) is 2. The molecule has 0 fully saturated rings. The molecule has 0 radical (unpaired) electrons. The van der Waals surface area contributed by atoms with E-state index in [0.717, 1.165) is 35.2 Å². The molecule has 6 heteroatoms. The lowest BCUT2D eigenvalue weighted by atomic mass is 10.0. The maximum Gasteiger partial charge on any atom is 0.314 e. The van der Waals surface area contributed by atoms with E-state index in [1.165, 1.54) is 6.92 Å². The number of fused-ring (bicyclic) bond motifs is 1. The normalized spacial score (nSPS) is 12.9. The summed E-state index contributed by atoms with van der Waals surface area (Å²) in [6.45, 7) is 6.11. The Kier molecular flexibility index (Phi) is 5.26. The zero-order chi connectivity index (χ0) is 19.6. The number of aryl methyl sites for hydroxylation is 3. The lowest BCUT2D eigenvalue weighted by molar-refractivity contribution is -0.132. The SMILES string of the molecule is CC(=O)N1CCCc2ccc(NC(=O)C(=O)Nc3ccc(C)c(C)c3)cc21. The second kappa shape index (κ2) is 7.61. The van der Waals surface area contributed by atoms with Crippen LogP contribution in [0.25, 0.3) is 0 Å². The molecule has 27 heavy (non-hydrogen) atoms. The minimum atomic E-state index is -0.752. The van der Waals surface area contributed by atoms with Crippen molar-refractivity contribution in [2.45, 2.75) is 33.6 Å². The van der Waals surface area contributed by atoms with Gasteiger partial charge in [-0.05, 0) is 67.6 Å². The number of nitrogens with zero attached hydrogens (tertiary/aromatic N) is 1. The van der Waals surface area contributed by atoms with Gasteiger partial charge in [-0.15, -0.1) is 0 Å². The Labute approximate surface area is 158 Å². The van der Waals surface area contributed by atoms with Crippen molar-refractivity contribution in [1.82, 2.24) is 0 Å². The summed E-state index contributed by atoms with van der Waals surface area (Å²) in [6, 6.07) is 10.9. The van der Waals surface area contributed by atoms with Crippen LogP contribution in [0.4, 0.5) is 17.1 Å². The monoisotopic (exact) mass is 365 g/mol. The van der Waals surface area contributed by atoms with Crippen molar-refractivity contribution in [2.24, 2.45) is 0 Å². The fourth-order valence-electron chi connectivity index (χ4n) is 3.17. The molecule has 1 aliphatic heterocycles. The Morgan fingerprint density at radius 3 is 2.15 bits per heavy atom. The molecule has 0 aromatic heterocycles. The number of benzene rings is 2. The number of amides is 3. The van der Waals surface area contributed by atoms with E-state index in [4.69, 9.17) is 0 Å². The summed E-state index contributed by atoms with van der Waals surface area (Å²) >= 11 is 0. The van der Waals surface area contributed by atoms with Gasteiger partial charge in [0.2, 0.25) is 5.91 Å². The maximum atomic E-state index is 12.2. The van der Waals surface area contributed by atoms with Crippen LogP contribution in [-0.4, -0.2) is 24.3 Å². The number of hydrogen-bond acceptors (Lipinski definition) is 3. The van der Waals surface area contributed by atoms with Crippen molar-refractivity contribution in [2.75, 3.05) is 22.1 Å². The zero-order valence-electron chi connectivity index (χ0n) is 15.8. The van der Waals surface area contributed by atoms with Crippen molar-refractivity contribution in [3.63, 3.8) is 0 Å². The highest BCUT2D eigenvalue weighted by molar-refractivity contribution is 6.43. The largest absolute Gasteiger partial charge is 0.318 e. The first-order valence-corrected chi connectivity index (χ1v) is 8.96. The van der Waals surface area contributed by atoms with Crippen molar-refractivity contribution in [3.05, 3.63) is 53.1 Å². The molecular weight excluding hydrogens is 342 g/mol. The van der Waals surface area contributed by atoms with E-state index in [0.29, 0.717) is 17.9 Å². The van der Waals surface area contributed by atoms with Gasteiger partial charge in [0.05, 0.1) is 0 Å². The van der Waals surface area contributed by atoms with Gasteiger partial charge in [-0.3, -0.25) is 14.4 Å². The second-order valence-corrected chi connectivity index (χ2v) is 6.82. The quantitative estimate of drug-likeness (QED) is 0.803. The fraction of sp³-hybridized carbons (Fsp3) is 0.286. The zero-order valence-corrected chi connectivity index (χ0v) is 15.8. The summed E-state index contributed by atoms with van der Waals surface area (Å²) in [5.41, 5.74) is 5.07. The summed E-state index contributed by atoms with van der Waals surface area (Å²) in [4.78, 5) is 38.0.